The third-order valence-electron chi connectivity index (χ3n) is 2.06. The summed E-state index contributed by atoms with van der Waals surface area (Å²) in [5, 5.41) is 10.8. The summed E-state index contributed by atoms with van der Waals surface area (Å²) in [6, 6.07) is -1.66. The number of hydrogen-bond donors (Lipinski definition) is 2. The van der Waals surface area contributed by atoms with Gasteiger partial charge in [0.05, 0.1) is 0 Å². The normalized spacial score (nSPS) is 15.5. The quantitative estimate of drug-likeness (QED) is 0.832. The van der Waals surface area contributed by atoms with Gasteiger partial charge in [0.25, 0.3) is 0 Å². The van der Waals surface area contributed by atoms with Crippen molar-refractivity contribution < 1.29 is 32.6 Å². The van der Waals surface area contributed by atoms with E-state index in [1.807, 2.05) is 5.32 Å². The lowest BCUT2D eigenvalue weighted by Gasteiger charge is -2.25. The van der Waals surface area contributed by atoms with Crippen molar-refractivity contribution in [3.63, 3.8) is 0 Å². The number of carboxylic acid groups (broad SMARTS) is 1. The molecule has 0 aliphatic rings. The highest BCUT2D eigenvalue weighted by Crippen LogP contribution is 2.26. The number of aliphatic carboxylic acids is 1. The van der Waals surface area contributed by atoms with Gasteiger partial charge in [-0.3, -0.25) is 0 Å². The molecule has 1 amide bonds. The maximum Gasteiger partial charge on any atom is 0.408 e. The number of carbonyl (C=O) groups is 2. The maximum absolute atomic E-state index is 12.2. The van der Waals surface area contributed by atoms with Crippen LogP contribution in [0.3, 0.4) is 0 Å². The van der Waals surface area contributed by atoms with Crippen molar-refractivity contribution in [1.29, 1.82) is 0 Å². The van der Waals surface area contributed by atoms with E-state index < -0.39 is 42.2 Å². The van der Waals surface area contributed by atoms with Crippen LogP contribution in [0.15, 0.2) is 0 Å². The van der Waals surface area contributed by atoms with E-state index in [2.05, 4.69) is 0 Å². The van der Waals surface area contributed by atoms with E-state index in [1.165, 1.54) is 0 Å². The zero-order valence-electron chi connectivity index (χ0n) is 11.2. The first-order chi connectivity index (χ1) is 8.32. The number of carbonyl (C=O) groups excluding carboxylic acids is 1. The van der Waals surface area contributed by atoms with Gasteiger partial charge in [-0.1, -0.05) is 6.92 Å². The van der Waals surface area contributed by atoms with Crippen LogP contribution in [0.25, 0.3) is 0 Å². The Hall–Kier alpha value is -1.47. The largest absolute Gasteiger partial charge is 0.480 e. The van der Waals surface area contributed by atoms with Crippen molar-refractivity contribution in [2.45, 2.75) is 51.9 Å². The van der Waals surface area contributed by atoms with Crippen molar-refractivity contribution in [3.05, 3.63) is 0 Å². The molecule has 0 aromatic heterocycles. The summed E-state index contributed by atoms with van der Waals surface area (Å²) in [6.07, 6.45) is -6.86. The Balaban J connectivity index is 4.67. The van der Waals surface area contributed by atoms with Gasteiger partial charge in [-0.2, -0.15) is 13.2 Å². The number of rotatable bonds is 4. The zero-order chi connectivity index (χ0) is 15.4. The molecule has 0 fully saturated rings. The van der Waals surface area contributed by atoms with Crippen LogP contribution in [0, 0.1) is 5.92 Å². The Morgan fingerprint density at radius 3 is 2.05 bits per heavy atom. The molecule has 0 rings (SSSR count). The van der Waals surface area contributed by atoms with E-state index in [4.69, 9.17) is 9.84 Å². The zero-order valence-corrected chi connectivity index (χ0v) is 11.2. The molecule has 112 valence electrons. The Morgan fingerprint density at radius 1 is 1.26 bits per heavy atom. The second kappa shape index (κ2) is 6.12. The molecule has 8 heteroatoms. The molecule has 2 atom stereocenters. The van der Waals surface area contributed by atoms with Crippen molar-refractivity contribution in [1.82, 2.24) is 5.32 Å². The molecule has 0 unspecified atom stereocenters. The fourth-order valence-corrected chi connectivity index (χ4v) is 1.36. The van der Waals surface area contributed by atoms with Gasteiger partial charge >= 0.3 is 18.2 Å². The van der Waals surface area contributed by atoms with Crippen molar-refractivity contribution in [2.75, 3.05) is 0 Å². The Morgan fingerprint density at radius 2 is 1.74 bits per heavy atom. The molecule has 0 saturated carbocycles. The number of halogens is 3. The first kappa shape index (κ1) is 17.5. The lowest BCUT2D eigenvalue weighted by Crippen LogP contribution is -2.47. The van der Waals surface area contributed by atoms with E-state index in [0.717, 1.165) is 6.92 Å². The maximum atomic E-state index is 12.2. The van der Waals surface area contributed by atoms with Crippen molar-refractivity contribution in [2.24, 2.45) is 5.92 Å². The van der Waals surface area contributed by atoms with Crippen LogP contribution in [-0.2, 0) is 9.53 Å². The standard InChI is InChI=1S/C11H18F3NO4/c1-6(5-11(12,13)14)7(8(16)17)15-9(18)19-10(2,3)4/h6-7H,5H2,1-4H3,(H,15,18)(H,16,17)/t6-,7+/m1/s1. The van der Waals surface area contributed by atoms with Crippen molar-refractivity contribution >= 4 is 12.1 Å². The van der Waals surface area contributed by atoms with Gasteiger partial charge in [0.1, 0.15) is 11.6 Å². The third-order valence-corrected chi connectivity index (χ3v) is 2.06. The molecule has 0 aliphatic carbocycles. The second-order valence-corrected chi connectivity index (χ2v) is 5.26. The predicted octanol–water partition coefficient (Wildman–Crippen LogP) is 2.55. The summed E-state index contributed by atoms with van der Waals surface area (Å²) < 4.78 is 41.4. The van der Waals surface area contributed by atoms with Crippen LogP contribution in [0.4, 0.5) is 18.0 Å². The Kier molecular flexibility index (Phi) is 5.64. The SMILES string of the molecule is C[C@H](CC(F)(F)F)[C@H](NC(=O)OC(C)(C)C)C(=O)O. The molecule has 0 aliphatic heterocycles. The minimum atomic E-state index is -4.50. The van der Waals surface area contributed by atoms with Crippen LogP contribution in [0.1, 0.15) is 34.1 Å². The summed E-state index contributed by atoms with van der Waals surface area (Å²) in [5.41, 5.74) is -0.861. The summed E-state index contributed by atoms with van der Waals surface area (Å²) in [5.74, 6) is -2.84. The van der Waals surface area contributed by atoms with Crippen LogP contribution >= 0.6 is 0 Å². The molecular formula is C11H18F3NO4. The minimum Gasteiger partial charge on any atom is -0.480 e. The number of ether oxygens (including phenoxy) is 1. The number of nitrogens with one attached hydrogen (secondary N) is 1. The highest BCUT2D eigenvalue weighted by Gasteiger charge is 2.37. The first-order valence-electron chi connectivity index (χ1n) is 5.61. The fraction of sp³-hybridized carbons (Fsp3) is 0.818. The molecule has 0 aromatic carbocycles. The van der Waals surface area contributed by atoms with E-state index in [0.29, 0.717) is 0 Å². The van der Waals surface area contributed by atoms with Crippen molar-refractivity contribution in [3.8, 4) is 0 Å². The minimum absolute atomic E-state index is 0.861. The van der Waals surface area contributed by atoms with Gasteiger partial charge < -0.3 is 15.2 Å². The Labute approximate surface area is 109 Å². The fourth-order valence-electron chi connectivity index (χ4n) is 1.36. The molecule has 5 nitrogen and oxygen atoms in total. The third kappa shape index (κ3) is 8.28. The average Bonchev–Trinajstić information content (AvgIpc) is 2.07. The molecule has 0 bridgehead atoms. The smallest absolute Gasteiger partial charge is 0.408 e. The monoisotopic (exact) mass is 285 g/mol. The molecule has 0 aromatic rings. The summed E-state index contributed by atoms with van der Waals surface area (Å²) in [4.78, 5) is 22.3. The molecule has 0 heterocycles. The van der Waals surface area contributed by atoms with E-state index in [-0.39, 0.29) is 0 Å². The van der Waals surface area contributed by atoms with E-state index in [1.54, 1.807) is 20.8 Å². The molecular weight excluding hydrogens is 267 g/mol. The van der Waals surface area contributed by atoms with Gasteiger partial charge in [0.2, 0.25) is 0 Å². The van der Waals surface area contributed by atoms with Crippen LogP contribution in [0.2, 0.25) is 0 Å². The van der Waals surface area contributed by atoms with Gasteiger partial charge in [0, 0.05) is 6.42 Å². The van der Waals surface area contributed by atoms with E-state index in [9.17, 15) is 22.8 Å². The molecule has 19 heavy (non-hydrogen) atoms. The second-order valence-electron chi connectivity index (χ2n) is 5.26. The average molecular weight is 285 g/mol. The number of amides is 1. The van der Waals surface area contributed by atoms with Gasteiger partial charge in [-0.25, -0.2) is 9.59 Å². The molecule has 2 N–H and O–H groups in total. The topological polar surface area (TPSA) is 75.6 Å². The molecule has 0 saturated heterocycles. The number of alkyl carbamates (subject to hydrolysis) is 1. The lowest BCUT2D eigenvalue weighted by atomic mass is 9.98. The van der Waals surface area contributed by atoms with Gasteiger partial charge in [-0.05, 0) is 26.7 Å². The number of alkyl halides is 3. The number of carboxylic acids is 1. The highest BCUT2D eigenvalue weighted by atomic mass is 19.4. The molecule has 0 spiro atoms. The summed E-state index contributed by atoms with van der Waals surface area (Å²) in [6.45, 7) is 5.77. The van der Waals surface area contributed by atoms with Crippen LogP contribution in [-0.4, -0.2) is 35.0 Å². The summed E-state index contributed by atoms with van der Waals surface area (Å²) in [7, 11) is 0. The van der Waals surface area contributed by atoms with Gasteiger partial charge in [0.15, 0.2) is 0 Å². The van der Waals surface area contributed by atoms with E-state index >= 15 is 0 Å². The Bertz CT molecular complexity index is 336. The van der Waals surface area contributed by atoms with Crippen LogP contribution < -0.4 is 5.32 Å². The first-order valence-corrected chi connectivity index (χ1v) is 5.61. The highest BCUT2D eigenvalue weighted by molar-refractivity contribution is 5.80. The van der Waals surface area contributed by atoms with Crippen LogP contribution in [0.5, 0.6) is 0 Å². The lowest BCUT2D eigenvalue weighted by molar-refractivity contribution is -0.153. The summed E-state index contributed by atoms with van der Waals surface area (Å²) >= 11 is 0. The molecule has 0 radical (unpaired) electrons. The van der Waals surface area contributed by atoms with Gasteiger partial charge in [-0.15, -0.1) is 0 Å². The number of hydrogen-bond acceptors (Lipinski definition) is 3. The predicted molar refractivity (Wildman–Crippen MR) is 60.6 cm³/mol.